The van der Waals surface area contributed by atoms with Gasteiger partial charge in [0.15, 0.2) is 0 Å². The molecule has 0 saturated heterocycles. The normalized spacial score (nSPS) is 13.7. The number of halogens is 3. The van der Waals surface area contributed by atoms with Gasteiger partial charge in [0, 0.05) is 5.56 Å². The van der Waals surface area contributed by atoms with E-state index in [0.29, 0.717) is 11.4 Å². The molecule has 0 spiro atoms. The molecule has 170 valence electrons. The number of ether oxygens (including phenoxy) is 1. The smallest absolute Gasteiger partial charge is 0.363 e. The molecule has 0 radical (unpaired) electrons. The summed E-state index contributed by atoms with van der Waals surface area (Å²) in [4.78, 5) is 12.8. The highest BCUT2D eigenvalue weighted by Gasteiger charge is 2.30. The molecule has 0 aliphatic heterocycles. The topological polar surface area (TPSA) is 92.8 Å². The Labute approximate surface area is 183 Å². The van der Waals surface area contributed by atoms with Gasteiger partial charge in [0.2, 0.25) is 11.7 Å². The molecule has 3 aromatic rings. The highest BCUT2D eigenvalue weighted by Crippen LogP contribution is 2.29. The highest BCUT2D eigenvalue weighted by molar-refractivity contribution is 5.81. The molecule has 2 unspecified atom stereocenters. The molecule has 7 nitrogen and oxygen atoms in total. The maximum Gasteiger partial charge on any atom is 0.416 e. The quantitative estimate of drug-likeness (QED) is 0.537. The van der Waals surface area contributed by atoms with Crippen molar-refractivity contribution in [2.45, 2.75) is 45.7 Å². The van der Waals surface area contributed by atoms with Crippen LogP contribution >= 0.6 is 0 Å². The SMILES string of the molecule is CC(NC(=O)C(OCc1ccc(C(F)(F)F)cc1)C(C)C)c1ccc(-c2nn[nH]n2)cc1. The lowest BCUT2D eigenvalue weighted by molar-refractivity contribution is -0.137. The number of carbonyl (C=O) groups is 1. The lowest BCUT2D eigenvalue weighted by atomic mass is 10.0. The van der Waals surface area contributed by atoms with E-state index in [1.165, 1.54) is 12.1 Å². The van der Waals surface area contributed by atoms with E-state index in [4.69, 9.17) is 4.74 Å². The largest absolute Gasteiger partial charge is 0.416 e. The maximum absolute atomic E-state index is 12.8. The van der Waals surface area contributed by atoms with Gasteiger partial charge >= 0.3 is 6.18 Å². The minimum atomic E-state index is -4.39. The van der Waals surface area contributed by atoms with Crippen molar-refractivity contribution in [2.75, 3.05) is 0 Å². The summed E-state index contributed by atoms with van der Waals surface area (Å²) >= 11 is 0. The van der Waals surface area contributed by atoms with Crippen LogP contribution in [0, 0.1) is 5.92 Å². The number of carbonyl (C=O) groups excluding carboxylic acids is 1. The number of tetrazole rings is 1. The Hall–Kier alpha value is -3.27. The van der Waals surface area contributed by atoms with Gasteiger partial charge in [-0.2, -0.15) is 18.4 Å². The lowest BCUT2D eigenvalue weighted by Crippen LogP contribution is -2.40. The summed E-state index contributed by atoms with van der Waals surface area (Å²) in [6.45, 7) is 5.58. The van der Waals surface area contributed by atoms with Crippen molar-refractivity contribution in [3.63, 3.8) is 0 Å². The Morgan fingerprint density at radius 2 is 1.72 bits per heavy atom. The van der Waals surface area contributed by atoms with Gasteiger partial charge in [0.1, 0.15) is 6.10 Å². The first-order valence-electron chi connectivity index (χ1n) is 10.1. The summed E-state index contributed by atoms with van der Waals surface area (Å²) in [6.07, 6.45) is -5.14. The molecule has 2 atom stereocenters. The number of hydrogen-bond acceptors (Lipinski definition) is 5. The molecule has 3 rings (SSSR count). The second kappa shape index (κ2) is 9.90. The van der Waals surface area contributed by atoms with E-state index in [1.807, 2.05) is 45.0 Å². The molecule has 0 saturated carbocycles. The predicted molar refractivity (Wildman–Crippen MR) is 111 cm³/mol. The average molecular weight is 447 g/mol. The van der Waals surface area contributed by atoms with Gasteiger partial charge in [0.25, 0.3) is 0 Å². The molecular formula is C22H24F3N5O2. The van der Waals surface area contributed by atoms with E-state index < -0.39 is 17.8 Å². The summed E-state index contributed by atoms with van der Waals surface area (Å²) in [6, 6.07) is 11.8. The minimum absolute atomic E-state index is 0.0299. The van der Waals surface area contributed by atoms with Crippen molar-refractivity contribution in [1.82, 2.24) is 25.9 Å². The number of aromatic nitrogens is 4. The fraction of sp³-hybridized carbons (Fsp3) is 0.364. The number of aromatic amines is 1. The molecule has 2 aromatic carbocycles. The molecule has 0 aliphatic carbocycles. The number of H-pyrrole nitrogens is 1. The zero-order chi connectivity index (χ0) is 23.3. The summed E-state index contributed by atoms with van der Waals surface area (Å²) in [5, 5.41) is 16.7. The van der Waals surface area contributed by atoms with Crippen molar-refractivity contribution < 1.29 is 22.7 Å². The molecule has 10 heteroatoms. The van der Waals surface area contributed by atoms with Gasteiger partial charge in [0.05, 0.1) is 18.2 Å². The Balaban J connectivity index is 1.59. The average Bonchev–Trinajstić information content (AvgIpc) is 3.28. The van der Waals surface area contributed by atoms with Crippen LogP contribution in [0.15, 0.2) is 48.5 Å². The molecular weight excluding hydrogens is 423 g/mol. The Morgan fingerprint density at radius 3 is 2.25 bits per heavy atom. The predicted octanol–water partition coefficient (Wildman–Crippen LogP) is 4.30. The zero-order valence-electron chi connectivity index (χ0n) is 17.8. The van der Waals surface area contributed by atoms with Crippen molar-refractivity contribution in [2.24, 2.45) is 5.92 Å². The first kappa shape index (κ1) is 23.4. The molecule has 0 fully saturated rings. The fourth-order valence-electron chi connectivity index (χ4n) is 3.13. The molecule has 1 heterocycles. The van der Waals surface area contributed by atoms with Gasteiger partial charge in [-0.15, -0.1) is 10.2 Å². The van der Waals surface area contributed by atoms with E-state index in [-0.39, 0.29) is 24.5 Å². The summed E-state index contributed by atoms with van der Waals surface area (Å²) in [7, 11) is 0. The fourth-order valence-corrected chi connectivity index (χ4v) is 3.13. The van der Waals surface area contributed by atoms with Crippen LogP contribution in [-0.4, -0.2) is 32.6 Å². The van der Waals surface area contributed by atoms with Crippen molar-refractivity contribution in [3.05, 3.63) is 65.2 Å². The van der Waals surface area contributed by atoms with Crippen LogP contribution in [0.25, 0.3) is 11.4 Å². The second-order valence-corrected chi connectivity index (χ2v) is 7.76. The summed E-state index contributed by atoms with van der Waals surface area (Å²) in [5.41, 5.74) is 1.51. The van der Waals surface area contributed by atoms with Gasteiger partial charge in [-0.05, 0) is 41.3 Å². The molecule has 2 N–H and O–H groups in total. The van der Waals surface area contributed by atoms with Crippen molar-refractivity contribution in [1.29, 1.82) is 0 Å². The van der Waals surface area contributed by atoms with E-state index in [9.17, 15) is 18.0 Å². The zero-order valence-corrected chi connectivity index (χ0v) is 17.8. The number of amides is 1. The van der Waals surface area contributed by atoms with Gasteiger partial charge < -0.3 is 10.1 Å². The Kier molecular flexibility index (Phi) is 7.24. The van der Waals surface area contributed by atoms with Crippen molar-refractivity contribution in [3.8, 4) is 11.4 Å². The Morgan fingerprint density at radius 1 is 1.06 bits per heavy atom. The van der Waals surface area contributed by atoms with Gasteiger partial charge in [-0.25, -0.2) is 0 Å². The van der Waals surface area contributed by atoms with E-state index in [1.54, 1.807) is 0 Å². The number of rotatable bonds is 8. The monoisotopic (exact) mass is 447 g/mol. The standard InChI is InChI=1S/C22H24F3N5O2/c1-13(2)19(32-12-15-4-10-18(11-5-15)22(23,24)25)21(31)26-14(3)16-6-8-17(9-7-16)20-27-29-30-28-20/h4-11,13-14,19H,12H2,1-3H3,(H,26,31)(H,27,28,29,30). The lowest BCUT2D eigenvalue weighted by Gasteiger charge is -2.24. The molecule has 0 aliphatic rings. The number of hydrogen-bond donors (Lipinski definition) is 2. The Bertz CT molecular complexity index is 1000. The van der Waals surface area contributed by atoms with Crippen LogP contribution < -0.4 is 5.32 Å². The highest BCUT2D eigenvalue weighted by atomic mass is 19.4. The van der Waals surface area contributed by atoms with Crippen LogP contribution in [0.4, 0.5) is 13.2 Å². The number of alkyl halides is 3. The third kappa shape index (κ3) is 5.91. The summed E-state index contributed by atoms with van der Waals surface area (Å²) < 4.78 is 43.9. The molecule has 0 bridgehead atoms. The minimum Gasteiger partial charge on any atom is -0.363 e. The van der Waals surface area contributed by atoms with Crippen LogP contribution in [0.1, 0.15) is 43.5 Å². The molecule has 32 heavy (non-hydrogen) atoms. The van der Waals surface area contributed by atoms with Crippen LogP contribution in [0.2, 0.25) is 0 Å². The third-order valence-electron chi connectivity index (χ3n) is 4.95. The first-order valence-corrected chi connectivity index (χ1v) is 10.1. The van der Waals surface area contributed by atoms with Crippen LogP contribution in [0.5, 0.6) is 0 Å². The first-order chi connectivity index (χ1) is 15.1. The summed E-state index contributed by atoms with van der Waals surface area (Å²) in [5.74, 6) is 0.0590. The van der Waals surface area contributed by atoms with Crippen LogP contribution in [-0.2, 0) is 22.3 Å². The van der Waals surface area contributed by atoms with E-state index >= 15 is 0 Å². The number of nitrogens with zero attached hydrogens (tertiary/aromatic N) is 3. The second-order valence-electron chi connectivity index (χ2n) is 7.76. The van der Waals surface area contributed by atoms with Gasteiger partial charge in [-0.3, -0.25) is 4.79 Å². The van der Waals surface area contributed by atoms with Gasteiger partial charge in [-0.1, -0.05) is 50.2 Å². The third-order valence-corrected chi connectivity index (χ3v) is 4.95. The number of benzene rings is 2. The molecule has 1 amide bonds. The van der Waals surface area contributed by atoms with E-state index in [2.05, 4.69) is 25.9 Å². The van der Waals surface area contributed by atoms with Crippen molar-refractivity contribution >= 4 is 5.91 Å². The van der Waals surface area contributed by atoms with E-state index in [0.717, 1.165) is 23.3 Å². The molecule has 1 aromatic heterocycles. The number of nitrogens with one attached hydrogen (secondary N) is 2. The van der Waals surface area contributed by atoms with Crippen LogP contribution in [0.3, 0.4) is 0 Å². The maximum atomic E-state index is 12.8.